The Labute approximate surface area is 206 Å². The van der Waals surface area contributed by atoms with Crippen molar-refractivity contribution in [2.45, 2.75) is 18.7 Å². The van der Waals surface area contributed by atoms with Crippen LogP contribution in [-0.2, 0) is 14.8 Å². The first-order valence-corrected chi connectivity index (χ1v) is 12.6. The van der Waals surface area contributed by atoms with E-state index in [2.05, 4.69) is 10.3 Å². The van der Waals surface area contributed by atoms with E-state index in [9.17, 15) is 13.2 Å². The molecule has 0 atom stereocenters. The highest BCUT2D eigenvalue weighted by Crippen LogP contribution is 2.31. The highest BCUT2D eigenvalue weighted by atomic mass is 32.2. The lowest BCUT2D eigenvalue weighted by atomic mass is 10.1. The molecule has 0 saturated heterocycles. The molecule has 1 amide bonds. The van der Waals surface area contributed by atoms with E-state index in [1.807, 2.05) is 63.2 Å². The molecule has 0 aliphatic carbocycles. The number of sulfonamides is 1. The molecule has 1 heterocycles. The number of aromatic nitrogens is 1. The van der Waals surface area contributed by atoms with Crippen LogP contribution in [0.4, 0.5) is 17.1 Å². The van der Waals surface area contributed by atoms with Crippen LogP contribution in [0.25, 0.3) is 10.9 Å². The van der Waals surface area contributed by atoms with Gasteiger partial charge in [0.15, 0.2) is 0 Å². The normalized spacial score (nSPS) is 11.3. The number of nitrogens with zero attached hydrogens (tertiary/aromatic N) is 3. The molecule has 0 fully saturated rings. The molecule has 0 radical (unpaired) electrons. The Balaban J connectivity index is 1.74. The number of pyridine rings is 1. The molecule has 180 valence electrons. The summed E-state index contributed by atoms with van der Waals surface area (Å²) in [5.41, 5.74) is 4.11. The van der Waals surface area contributed by atoms with Crippen LogP contribution in [0.15, 0.2) is 83.9 Å². The number of hydrogen-bond donors (Lipinski definition) is 1. The molecule has 7 nitrogen and oxygen atoms in total. The summed E-state index contributed by atoms with van der Waals surface area (Å²) >= 11 is 0. The highest BCUT2D eigenvalue weighted by Gasteiger charge is 2.30. The van der Waals surface area contributed by atoms with E-state index in [1.54, 1.807) is 42.6 Å². The van der Waals surface area contributed by atoms with Crippen LogP contribution in [0.5, 0.6) is 0 Å². The molecule has 1 N–H and O–H groups in total. The Morgan fingerprint density at radius 2 is 1.60 bits per heavy atom. The lowest BCUT2D eigenvalue weighted by Gasteiger charge is -2.26. The fraction of sp³-hybridized carbons (Fsp3) is 0.185. The zero-order chi connectivity index (χ0) is 25.2. The van der Waals surface area contributed by atoms with Crippen LogP contribution in [-0.4, -0.2) is 39.9 Å². The number of anilines is 3. The molecule has 0 spiro atoms. The topological polar surface area (TPSA) is 82.6 Å². The number of carbonyl (C=O) groups excluding carboxylic acids is 1. The van der Waals surface area contributed by atoms with Crippen molar-refractivity contribution in [1.29, 1.82) is 0 Å². The van der Waals surface area contributed by atoms with E-state index in [0.29, 0.717) is 22.3 Å². The molecule has 0 bridgehead atoms. The van der Waals surface area contributed by atoms with Crippen molar-refractivity contribution < 1.29 is 13.2 Å². The number of nitrogens with one attached hydrogen (secondary N) is 1. The molecule has 4 rings (SSSR count). The van der Waals surface area contributed by atoms with Crippen molar-refractivity contribution in [2.75, 3.05) is 35.2 Å². The Kier molecular flexibility index (Phi) is 6.75. The van der Waals surface area contributed by atoms with Gasteiger partial charge in [-0.2, -0.15) is 0 Å². The standard InChI is InChI=1S/C27H28N4O3S/c1-19-8-5-11-24(20(19)2)31(18-26(32)29-22-13-15-23(16-14-22)30(3)4)35(33,34)25-12-6-9-21-10-7-17-28-27(21)25/h5-17H,18H2,1-4H3,(H,29,32). The number of benzene rings is 3. The molecule has 3 aromatic carbocycles. The van der Waals surface area contributed by atoms with Gasteiger partial charge in [0, 0.05) is 37.1 Å². The quantitative estimate of drug-likeness (QED) is 0.406. The number of carbonyl (C=O) groups is 1. The Morgan fingerprint density at radius 1 is 0.914 bits per heavy atom. The molecule has 0 saturated carbocycles. The smallest absolute Gasteiger partial charge is 0.266 e. The van der Waals surface area contributed by atoms with Crippen LogP contribution in [0.1, 0.15) is 11.1 Å². The SMILES string of the molecule is Cc1cccc(N(CC(=O)Nc2ccc(N(C)C)cc2)S(=O)(=O)c2cccc3cccnc23)c1C. The summed E-state index contributed by atoms with van der Waals surface area (Å²) in [4.78, 5) is 19.4. The third-order valence-electron chi connectivity index (χ3n) is 5.96. The fourth-order valence-corrected chi connectivity index (χ4v) is 5.53. The van der Waals surface area contributed by atoms with Gasteiger partial charge in [-0.1, -0.05) is 30.3 Å². The largest absolute Gasteiger partial charge is 0.378 e. The molecular formula is C27H28N4O3S. The van der Waals surface area contributed by atoms with Gasteiger partial charge in [-0.25, -0.2) is 8.42 Å². The summed E-state index contributed by atoms with van der Waals surface area (Å²) < 4.78 is 29.2. The maximum absolute atomic E-state index is 14.0. The first-order valence-electron chi connectivity index (χ1n) is 11.2. The predicted octanol–water partition coefficient (Wildman–Crippen LogP) is 4.75. The van der Waals surface area contributed by atoms with Gasteiger partial charge >= 0.3 is 0 Å². The summed E-state index contributed by atoms with van der Waals surface area (Å²) in [5, 5.41) is 3.53. The lowest BCUT2D eigenvalue weighted by Crippen LogP contribution is -2.38. The zero-order valence-electron chi connectivity index (χ0n) is 20.2. The van der Waals surface area contributed by atoms with Gasteiger partial charge in [0.05, 0.1) is 11.2 Å². The van der Waals surface area contributed by atoms with Crippen molar-refractivity contribution in [3.63, 3.8) is 0 Å². The fourth-order valence-electron chi connectivity index (χ4n) is 3.88. The molecule has 35 heavy (non-hydrogen) atoms. The number of rotatable bonds is 7. The molecule has 0 aliphatic rings. The molecular weight excluding hydrogens is 460 g/mol. The van der Waals surface area contributed by atoms with E-state index in [-0.39, 0.29) is 11.4 Å². The van der Waals surface area contributed by atoms with Crippen LogP contribution in [0.2, 0.25) is 0 Å². The monoisotopic (exact) mass is 488 g/mol. The average Bonchev–Trinajstić information content (AvgIpc) is 2.84. The number of para-hydroxylation sites is 1. The summed E-state index contributed by atoms with van der Waals surface area (Å²) in [6.07, 6.45) is 1.56. The Hall–Kier alpha value is -3.91. The van der Waals surface area contributed by atoms with E-state index >= 15 is 0 Å². The van der Waals surface area contributed by atoms with Crippen molar-refractivity contribution in [3.05, 3.63) is 90.1 Å². The van der Waals surface area contributed by atoms with E-state index in [1.165, 1.54) is 10.4 Å². The van der Waals surface area contributed by atoms with Crippen LogP contribution < -0.4 is 14.5 Å². The minimum Gasteiger partial charge on any atom is -0.378 e. The maximum atomic E-state index is 14.0. The van der Waals surface area contributed by atoms with Crippen molar-refractivity contribution >= 4 is 43.9 Å². The van der Waals surface area contributed by atoms with Gasteiger partial charge < -0.3 is 10.2 Å². The zero-order valence-corrected chi connectivity index (χ0v) is 21.0. The van der Waals surface area contributed by atoms with Crippen molar-refractivity contribution in [1.82, 2.24) is 4.98 Å². The molecule has 0 unspecified atom stereocenters. The van der Waals surface area contributed by atoms with Crippen molar-refractivity contribution in [2.24, 2.45) is 0 Å². The van der Waals surface area contributed by atoms with E-state index < -0.39 is 15.9 Å². The summed E-state index contributed by atoms with van der Waals surface area (Å²) in [6.45, 7) is 3.38. The van der Waals surface area contributed by atoms with Crippen molar-refractivity contribution in [3.8, 4) is 0 Å². The summed E-state index contributed by atoms with van der Waals surface area (Å²) in [6, 6.07) is 21.4. The first kappa shape index (κ1) is 24.2. The first-order chi connectivity index (χ1) is 16.7. The predicted molar refractivity (Wildman–Crippen MR) is 142 cm³/mol. The molecule has 1 aromatic heterocycles. The Bertz CT molecular complexity index is 1480. The summed E-state index contributed by atoms with van der Waals surface area (Å²) in [7, 11) is -0.256. The third kappa shape index (κ3) is 4.97. The van der Waals surface area contributed by atoms with Gasteiger partial charge in [0.25, 0.3) is 10.0 Å². The van der Waals surface area contributed by atoms with E-state index in [4.69, 9.17) is 0 Å². The third-order valence-corrected chi connectivity index (χ3v) is 7.75. The average molecular weight is 489 g/mol. The van der Waals surface area contributed by atoms with Crippen LogP contribution >= 0.6 is 0 Å². The second kappa shape index (κ2) is 9.76. The Morgan fingerprint density at radius 3 is 2.31 bits per heavy atom. The molecule has 4 aromatic rings. The molecule has 8 heteroatoms. The summed E-state index contributed by atoms with van der Waals surface area (Å²) in [5.74, 6) is -0.444. The van der Waals surface area contributed by atoms with Gasteiger partial charge in [-0.15, -0.1) is 0 Å². The molecule has 0 aliphatic heterocycles. The number of fused-ring (bicyclic) bond motifs is 1. The van der Waals surface area contributed by atoms with Gasteiger partial charge in [0.2, 0.25) is 5.91 Å². The minimum atomic E-state index is -4.12. The van der Waals surface area contributed by atoms with Gasteiger partial charge in [-0.3, -0.25) is 14.1 Å². The van der Waals surface area contributed by atoms with Crippen LogP contribution in [0.3, 0.4) is 0 Å². The second-order valence-electron chi connectivity index (χ2n) is 8.55. The number of hydrogen-bond acceptors (Lipinski definition) is 5. The van der Waals surface area contributed by atoms with Crippen LogP contribution in [0, 0.1) is 13.8 Å². The van der Waals surface area contributed by atoms with E-state index in [0.717, 1.165) is 16.8 Å². The van der Waals surface area contributed by atoms with Gasteiger partial charge in [-0.05, 0) is 67.4 Å². The maximum Gasteiger partial charge on any atom is 0.266 e. The number of aryl methyl sites for hydroxylation is 1. The highest BCUT2D eigenvalue weighted by molar-refractivity contribution is 7.93. The van der Waals surface area contributed by atoms with Gasteiger partial charge in [0.1, 0.15) is 11.4 Å². The number of amides is 1. The lowest BCUT2D eigenvalue weighted by molar-refractivity contribution is -0.114. The minimum absolute atomic E-state index is 0.0552. The second-order valence-corrected chi connectivity index (χ2v) is 10.4.